The van der Waals surface area contributed by atoms with E-state index >= 15 is 0 Å². The molecule has 2 fully saturated rings. The first-order valence-corrected chi connectivity index (χ1v) is 10.6. The van der Waals surface area contributed by atoms with Gasteiger partial charge in [-0.15, -0.1) is 0 Å². The van der Waals surface area contributed by atoms with Crippen LogP contribution in [0.5, 0.6) is 0 Å². The van der Waals surface area contributed by atoms with Gasteiger partial charge in [-0.1, -0.05) is 67.1 Å². The van der Waals surface area contributed by atoms with Crippen molar-refractivity contribution in [1.29, 1.82) is 0 Å². The summed E-state index contributed by atoms with van der Waals surface area (Å²) < 4.78 is 5.11. The number of esters is 1. The molecule has 2 aliphatic rings. The standard InChI is InChI=1S/C25H31NO2/c1-28-24(27)23-13-8-15-25(23)16-18-26(19-25)17-14-22(20-9-4-2-5-10-20)21-11-6-3-7-12-21/h2-7,9-12,22-23H,8,13-19H2,1H3/t23-,25-/m1/s1. The molecule has 0 N–H and O–H groups in total. The lowest BCUT2D eigenvalue weighted by molar-refractivity contribution is -0.149. The summed E-state index contributed by atoms with van der Waals surface area (Å²) in [6.45, 7) is 3.22. The van der Waals surface area contributed by atoms with Crippen molar-refractivity contribution in [2.24, 2.45) is 11.3 Å². The zero-order valence-electron chi connectivity index (χ0n) is 16.8. The summed E-state index contributed by atoms with van der Waals surface area (Å²) in [7, 11) is 1.53. The molecule has 4 rings (SSSR count). The minimum atomic E-state index is 0.00537. The number of rotatable bonds is 6. The van der Waals surface area contributed by atoms with Crippen LogP contribution in [0, 0.1) is 11.3 Å². The second-order valence-corrected chi connectivity index (χ2v) is 8.52. The normalized spacial score (nSPS) is 24.9. The van der Waals surface area contributed by atoms with Crippen molar-refractivity contribution >= 4 is 5.97 Å². The molecule has 0 aromatic heterocycles. The fraction of sp³-hybridized carbons (Fsp3) is 0.480. The maximum absolute atomic E-state index is 12.3. The maximum Gasteiger partial charge on any atom is 0.309 e. The first-order valence-electron chi connectivity index (χ1n) is 10.6. The van der Waals surface area contributed by atoms with Crippen LogP contribution in [0.25, 0.3) is 0 Å². The van der Waals surface area contributed by atoms with E-state index in [4.69, 9.17) is 4.74 Å². The van der Waals surface area contributed by atoms with Gasteiger partial charge in [0, 0.05) is 12.5 Å². The quantitative estimate of drug-likeness (QED) is 0.673. The van der Waals surface area contributed by atoms with Crippen molar-refractivity contribution in [1.82, 2.24) is 4.90 Å². The molecule has 0 amide bonds. The minimum absolute atomic E-state index is 0.00537. The van der Waals surface area contributed by atoms with Crippen LogP contribution in [0.4, 0.5) is 0 Å². The predicted octanol–water partition coefficient (Wildman–Crippen LogP) is 4.87. The van der Waals surface area contributed by atoms with Gasteiger partial charge < -0.3 is 9.64 Å². The topological polar surface area (TPSA) is 29.5 Å². The third-order valence-corrected chi connectivity index (χ3v) is 6.99. The average molecular weight is 378 g/mol. The molecule has 0 radical (unpaired) electrons. The predicted molar refractivity (Wildman–Crippen MR) is 112 cm³/mol. The highest BCUT2D eigenvalue weighted by Gasteiger charge is 2.50. The number of benzene rings is 2. The van der Waals surface area contributed by atoms with Crippen LogP contribution in [0.1, 0.15) is 49.1 Å². The molecule has 1 saturated carbocycles. The van der Waals surface area contributed by atoms with Gasteiger partial charge in [0.25, 0.3) is 0 Å². The Hall–Kier alpha value is -2.13. The third-order valence-electron chi connectivity index (χ3n) is 6.99. The fourth-order valence-electron chi connectivity index (χ4n) is 5.52. The number of methoxy groups -OCH3 is 1. The van der Waals surface area contributed by atoms with E-state index in [1.165, 1.54) is 24.7 Å². The Morgan fingerprint density at radius 1 is 1.07 bits per heavy atom. The summed E-state index contributed by atoms with van der Waals surface area (Å²) in [5, 5.41) is 0. The molecule has 1 heterocycles. The molecule has 1 aliphatic carbocycles. The molecule has 1 aliphatic heterocycles. The Morgan fingerprint density at radius 2 is 1.71 bits per heavy atom. The molecule has 3 nitrogen and oxygen atoms in total. The van der Waals surface area contributed by atoms with E-state index in [1.807, 2.05) is 0 Å². The monoisotopic (exact) mass is 377 g/mol. The second kappa shape index (κ2) is 8.48. The van der Waals surface area contributed by atoms with Crippen LogP contribution in [-0.2, 0) is 9.53 Å². The lowest BCUT2D eigenvalue weighted by Gasteiger charge is -2.30. The van der Waals surface area contributed by atoms with E-state index in [0.29, 0.717) is 5.92 Å². The van der Waals surface area contributed by atoms with Crippen molar-refractivity contribution in [3.63, 3.8) is 0 Å². The molecule has 2 atom stereocenters. The lowest BCUT2D eigenvalue weighted by Crippen LogP contribution is -2.35. The first kappa shape index (κ1) is 19.2. The van der Waals surface area contributed by atoms with Crippen LogP contribution in [0.3, 0.4) is 0 Å². The largest absolute Gasteiger partial charge is 0.469 e. The highest BCUT2D eigenvalue weighted by Crippen LogP contribution is 2.50. The zero-order chi connectivity index (χ0) is 19.4. The highest BCUT2D eigenvalue weighted by atomic mass is 16.5. The maximum atomic E-state index is 12.3. The molecule has 1 spiro atoms. The van der Waals surface area contributed by atoms with Crippen LogP contribution < -0.4 is 0 Å². The van der Waals surface area contributed by atoms with E-state index in [-0.39, 0.29) is 17.3 Å². The Bertz CT molecular complexity index is 736. The second-order valence-electron chi connectivity index (χ2n) is 8.52. The summed E-state index contributed by atoms with van der Waals surface area (Å²) >= 11 is 0. The number of hydrogen-bond donors (Lipinski definition) is 0. The van der Waals surface area contributed by atoms with Crippen LogP contribution in [0.15, 0.2) is 60.7 Å². The summed E-state index contributed by atoms with van der Waals surface area (Å²) in [6, 6.07) is 21.7. The van der Waals surface area contributed by atoms with Gasteiger partial charge in [-0.05, 0) is 55.3 Å². The van der Waals surface area contributed by atoms with E-state index in [0.717, 1.165) is 45.3 Å². The number of carbonyl (C=O) groups is 1. The Kier molecular flexibility index (Phi) is 5.82. The van der Waals surface area contributed by atoms with Crippen molar-refractivity contribution < 1.29 is 9.53 Å². The van der Waals surface area contributed by atoms with Gasteiger partial charge in [-0.25, -0.2) is 0 Å². The van der Waals surface area contributed by atoms with E-state index in [2.05, 4.69) is 65.6 Å². The van der Waals surface area contributed by atoms with Crippen LogP contribution >= 0.6 is 0 Å². The molecule has 3 heteroatoms. The average Bonchev–Trinajstić information content (AvgIpc) is 3.36. The van der Waals surface area contributed by atoms with Crippen molar-refractivity contribution in [2.45, 2.75) is 38.0 Å². The Balaban J connectivity index is 1.45. The Labute approximate surface area is 168 Å². The first-order chi connectivity index (χ1) is 13.7. The van der Waals surface area contributed by atoms with Crippen LogP contribution in [0.2, 0.25) is 0 Å². The summed E-state index contributed by atoms with van der Waals surface area (Å²) in [5.41, 5.74) is 2.93. The SMILES string of the molecule is COC(=O)[C@H]1CCC[C@]12CCN(CCC(c1ccccc1)c1ccccc1)C2. The van der Waals surface area contributed by atoms with Gasteiger partial charge in [0.1, 0.15) is 0 Å². The fourth-order valence-corrected chi connectivity index (χ4v) is 5.52. The molecule has 2 aromatic carbocycles. The number of likely N-dealkylation sites (tertiary alicyclic amines) is 1. The molecule has 148 valence electrons. The lowest BCUT2D eigenvalue weighted by atomic mass is 9.77. The van der Waals surface area contributed by atoms with Gasteiger partial charge in [-0.2, -0.15) is 0 Å². The van der Waals surface area contributed by atoms with Gasteiger partial charge >= 0.3 is 5.97 Å². The Morgan fingerprint density at radius 3 is 2.32 bits per heavy atom. The number of ether oxygens (including phenoxy) is 1. The van der Waals surface area contributed by atoms with Gasteiger partial charge in [0.05, 0.1) is 13.0 Å². The van der Waals surface area contributed by atoms with Crippen molar-refractivity contribution in [3.05, 3.63) is 71.8 Å². The smallest absolute Gasteiger partial charge is 0.309 e. The summed E-state index contributed by atoms with van der Waals surface area (Å²) in [5.74, 6) is 0.520. The van der Waals surface area contributed by atoms with E-state index in [1.54, 1.807) is 0 Å². The van der Waals surface area contributed by atoms with Gasteiger partial charge in [0.15, 0.2) is 0 Å². The molecule has 1 saturated heterocycles. The summed E-state index contributed by atoms with van der Waals surface area (Å²) in [6.07, 6.45) is 5.56. The molecule has 0 unspecified atom stereocenters. The van der Waals surface area contributed by atoms with Crippen molar-refractivity contribution in [2.75, 3.05) is 26.7 Å². The molecule has 28 heavy (non-hydrogen) atoms. The van der Waals surface area contributed by atoms with Gasteiger partial charge in [0.2, 0.25) is 0 Å². The molecule has 0 bridgehead atoms. The number of carbonyl (C=O) groups excluding carboxylic acids is 1. The molecular weight excluding hydrogens is 346 g/mol. The minimum Gasteiger partial charge on any atom is -0.469 e. The van der Waals surface area contributed by atoms with E-state index < -0.39 is 0 Å². The van der Waals surface area contributed by atoms with E-state index in [9.17, 15) is 4.79 Å². The number of nitrogens with zero attached hydrogens (tertiary/aromatic N) is 1. The highest BCUT2D eigenvalue weighted by molar-refractivity contribution is 5.73. The third kappa shape index (κ3) is 3.86. The van der Waals surface area contributed by atoms with Crippen molar-refractivity contribution in [3.8, 4) is 0 Å². The molecular formula is C25H31NO2. The summed E-state index contributed by atoms with van der Waals surface area (Å²) in [4.78, 5) is 14.9. The molecule has 2 aromatic rings. The number of hydrogen-bond acceptors (Lipinski definition) is 3. The van der Waals surface area contributed by atoms with Gasteiger partial charge in [-0.3, -0.25) is 4.79 Å². The zero-order valence-corrected chi connectivity index (χ0v) is 16.8. The van der Waals surface area contributed by atoms with Crippen LogP contribution in [-0.4, -0.2) is 37.6 Å².